The zero-order valence-corrected chi connectivity index (χ0v) is 15.4. The van der Waals surface area contributed by atoms with E-state index in [-0.39, 0.29) is 34.9 Å². The van der Waals surface area contributed by atoms with E-state index < -0.39 is 0 Å². The minimum absolute atomic E-state index is 0.0103. The third-order valence-electron chi connectivity index (χ3n) is 7.82. The molecular formula is C22H28O3. The lowest BCUT2D eigenvalue weighted by molar-refractivity contribution is -0.129. The highest BCUT2D eigenvalue weighted by Gasteiger charge is 2.57. The molecule has 0 amide bonds. The van der Waals surface area contributed by atoms with E-state index in [0.29, 0.717) is 17.8 Å². The van der Waals surface area contributed by atoms with Crippen LogP contribution in [0.3, 0.4) is 0 Å². The number of ketones is 2. The summed E-state index contributed by atoms with van der Waals surface area (Å²) in [7, 11) is 0. The summed E-state index contributed by atoms with van der Waals surface area (Å²) in [6.07, 6.45) is 12.0. The van der Waals surface area contributed by atoms with Gasteiger partial charge in [-0.3, -0.25) is 9.59 Å². The van der Waals surface area contributed by atoms with E-state index in [9.17, 15) is 14.7 Å². The molecule has 1 N–H and O–H groups in total. The molecule has 6 atom stereocenters. The lowest BCUT2D eigenvalue weighted by Gasteiger charge is -2.54. The Morgan fingerprint density at radius 3 is 2.76 bits per heavy atom. The topological polar surface area (TPSA) is 54.4 Å². The fourth-order valence-electron chi connectivity index (χ4n) is 6.57. The van der Waals surface area contributed by atoms with Crippen molar-refractivity contribution in [2.75, 3.05) is 6.61 Å². The highest BCUT2D eigenvalue weighted by atomic mass is 16.3. The number of rotatable bonds is 2. The lowest BCUT2D eigenvalue weighted by Crippen LogP contribution is -2.46. The Morgan fingerprint density at radius 1 is 1.28 bits per heavy atom. The molecule has 2 saturated carbocycles. The maximum atomic E-state index is 12.3. The number of aliphatic hydroxyl groups excluding tert-OH is 1. The molecule has 0 aromatic rings. The van der Waals surface area contributed by atoms with Crippen LogP contribution in [-0.4, -0.2) is 23.3 Å². The molecule has 0 heterocycles. The molecule has 0 radical (unpaired) electrons. The van der Waals surface area contributed by atoms with Crippen molar-refractivity contribution in [3.8, 4) is 0 Å². The number of hydrogen-bond acceptors (Lipinski definition) is 3. The maximum Gasteiger partial charge on any atom is 0.178 e. The lowest BCUT2D eigenvalue weighted by atomic mass is 9.50. The van der Waals surface area contributed by atoms with Gasteiger partial charge in [0.15, 0.2) is 11.6 Å². The number of allylic oxidation sites excluding steroid dienone is 6. The van der Waals surface area contributed by atoms with Gasteiger partial charge in [-0.25, -0.2) is 0 Å². The third-order valence-corrected chi connectivity index (χ3v) is 7.82. The zero-order valence-electron chi connectivity index (χ0n) is 15.4. The molecule has 0 aliphatic heterocycles. The van der Waals surface area contributed by atoms with Crippen molar-refractivity contribution in [3.63, 3.8) is 0 Å². The first-order valence-corrected chi connectivity index (χ1v) is 9.60. The highest BCUT2D eigenvalue weighted by molar-refractivity contribution is 6.01. The van der Waals surface area contributed by atoms with Crippen LogP contribution >= 0.6 is 0 Å². The Balaban J connectivity index is 1.76. The molecular weight excluding hydrogens is 312 g/mol. The summed E-state index contributed by atoms with van der Waals surface area (Å²) in [5.41, 5.74) is 2.54. The minimum atomic E-state index is -0.333. The van der Waals surface area contributed by atoms with Crippen LogP contribution in [0.1, 0.15) is 46.5 Å². The molecule has 0 spiro atoms. The summed E-state index contributed by atoms with van der Waals surface area (Å²) in [5.74, 6) is 1.47. The second-order valence-electron chi connectivity index (χ2n) is 9.01. The number of fused-ring (bicyclic) bond motifs is 5. The number of carbonyl (C=O) groups excluding carboxylic acids is 2. The van der Waals surface area contributed by atoms with Crippen LogP contribution in [0.15, 0.2) is 35.5 Å². The van der Waals surface area contributed by atoms with E-state index in [1.54, 1.807) is 6.08 Å². The van der Waals surface area contributed by atoms with E-state index in [4.69, 9.17) is 0 Å². The van der Waals surface area contributed by atoms with Crippen LogP contribution in [0, 0.1) is 34.5 Å². The molecule has 134 valence electrons. The molecule has 2 fully saturated rings. The second kappa shape index (κ2) is 5.51. The first-order valence-electron chi connectivity index (χ1n) is 9.60. The molecule has 25 heavy (non-hydrogen) atoms. The Hall–Kier alpha value is -1.48. The van der Waals surface area contributed by atoms with Gasteiger partial charge in [0.25, 0.3) is 0 Å². The molecule has 0 saturated heterocycles. The van der Waals surface area contributed by atoms with Crippen molar-refractivity contribution in [2.24, 2.45) is 34.5 Å². The summed E-state index contributed by atoms with van der Waals surface area (Å²) < 4.78 is 0. The van der Waals surface area contributed by atoms with Gasteiger partial charge < -0.3 is 5.11 Å². The van der Waals surface area contributed by atoms with Crippen LogP contribution in [0.2, 0.25) is 0 Å². The van der Waals surface area contributed by atoms with E-state index in [0.717, 1.165) is 25.7 Å². The molecule has 3 nitrogen and oxygen atoms in total. The van der Waals surface area contributed by atoms with Gasteiger partial charge in [-0.1, -0.05) is 31.6 Å². The van der Waals surface area contributed by atoms with Crippen molar-refractivity contribution >= 4 is 11.6 Å². The van der Waals surface area contributed by atoms with Gasteiger partial charge in [0.1, 0.15) is 6.61 Å². The smallest absolute Gasteiger partial charge is 0.178 e. The Labute approximate surface area is 149 Å². The van der Waals surface area contributed by atoms with E-state index in [1.165, 1.54) is 11.1 Å². The first-order chi connectivity index (χ1) is 11.8. The summed E-state index contributed by atoms with van der Waals surface area (Å²) in [4.78, 5) is 24.2. The average Bonchev–Trinajstić information content (AvgIpc) is 2.93. The van der Waals surface area contributed by atoms with E-state index in [1.807, 2.05) is 6.08 Å². The molecule has 4 aliphatic rings. The maximum absolute atomic E-state index is 12.3. The molecule has 0 unspecified atom stereocenters. The molecule has 0 bridgehead atoms. The van der Waals surface area contributed by atoms with Crippen molar-refractivity contribution in [2.45, 2.75) is 46.5 Å². The van der Waals surface area contributed by atoms with Crippen molar-refractivity contribution in [1.29, 1.82) is 0 Å². The summed E-state index contributed by atoms with van der Waals surface area (Å²) >= 11 is 0. The average molecular weight is 340 g/mol. The highest BCUT2D eigenvalue weighted by Crippen LogP contribution is 2.64. The molecule has 4 aliphatic carbocycles. The number of Topliss-reactive ketones (excluding diaryl/α,β-unsaturated/α-hetero) is 1. The normalized spacial score (nSPS) is 45.2. The number of carbonyl (C=O) groups is 2. The molecule has 3 heteroatoms. The van der Waals surface area contributed by atoms with Gasteiger partial charge >= 0.3 is 0 Å². The largest absolute Gasteiger partial charge is 0.389 e. The quantitative estimate of drug-likeness (QED) is 0.781. The predicted octanol–water partition coefficient (Wildman–Crippen LogP) is 3.64. The third kappa shape index (κ3) is 2.21. The van der Waals surface area contributed by atoms with Crippen molar-refractivity contribution in [3.05, 3.63) is 35.5 Å². The summed E-state index contributed by atoms with van der Waals surface area (Å²) in [6.45, 7) is 6.42. The van der Waals surface area contributed by atoms with Crippen molar-refractivity contribution < 1.29 is 14.7 Å². The zero-order chi connectivity index (χ0) is 18.0. The van der Waals surface area contributed by atoms with Gasteiger partial charge in [0, 0.05) is 11.3 Å². The standard InChI is InChI=1S/C22H28O3/c1-13-10-15-16-4-5-18(20(25)12-23)21(16,2)9-7-17(15)22(3)8-6-14(24)11-19(13)22/h6-8,11,13,15-16,18,23H,4-5,9-10,12H2,1-3H3/t13-,15-,16-,18+,21-,22+/m0/s1. The van der Waals surface area contributed by atoms with Crippen LogP contribution in [-0.2, 0) is 9.59 Å². The van der Waals surface area contributed by atoms with Gasteiger partial charge in [-0.15, -0.1) is 0 Å². The Bertz CT molecular complexity index is 728. The summed E-state index contributed by atoms with van der Waals surface area (Å²) in [5, 5.41) is 9.38. The van der Waals surface area contributed by atoms with E-state index >= 15 is 0 Å². The van der Waals surface area contributed by atoms with Gasteiger partial charge in [0.05, 0.1) is 0 Å². The van der Waals surface area contributed by atoms with Crippen molar-refractivity contribution in [1.82, 2.24) is 0 Å². The number of aliphatic hydroxyl groups is 1. The monoisotopic (exact) mass is 340 g/mol. The predicted molar refractivity (Wildman–Crippen MR) is 96.7 cm³/mol. The van der Waals surface area contributed by atoms with Gasteiger partial charge in [-0.05, 0) is 73.5 Å². The summed E-state index contributed by atoms with van der Waals surface area (Å²) in [6, 6.07) is 0. The fraction of sp³-hybridized carbons (Fsp3) is 0.636. The molecule has 4 rings (SSSR count). The Morgan fingerprint density at radius 2 is 2.04 bits per heavy atom. The fourth-order valence-corrected chi connectivity index (χ4v) is 6.57. The van der Waals surface area contributed by atoms with Crippen LogP contribution in [0.5, 0.6) is 0 Å². The van der Waals surface area contributed by atoms with Crippen LogP contribution in [0.25, 0.3) is 0 Å². The van der Waals surface area contributed by atoms with Crippen LogP contribution < -0.4 is 0 Å². The Kier molecular flexibility index (Phi) is 3.74. The number of hydrogen-bond donors (Lipinski definition) is 1. The molecule has 0 aromatic carbocycles. The van der Waals surface area contributed by atoms with Crippen LogP contribution in [0.4, 0.5) is 0 Å². The second-order valence-corrected chi connectivity index (χ2v) is 9.01. The molecule has 0 aromatic heterocycles. The van der Waals surface area contributed by atoms with Gasteiger partial charge in [-0.2, -0.15) is 0 Å². The minimum Gasteiger partial charge on any atom is -0.389 e. The van der Waals surface area contributed by atoms with Gasteiger partial charge in [0.2, 0.25) is 0 Å². The van der Waals surface area contributed by atoms with E-state index in [2.05, 4.69) is 32.9 Å². The SMILES string of the molecule is C[C@H]1C[C@@H]2C(=CC[C@]3(C)[C@@H](C(=O)CO)CC[C@@H]23)[C@@]2(C)C=CC(=O)C=C12. The first kappa shape index (κ1) is 17.0.